The van der Waals surface area contributed by atoms with Gasteiger partial charge < -0.3 is 0 Å². The zero-order valence-corrected chi connectivity index (χ0v) is 12.4. The van der Waals surface area contributed by atoms with Crippen molar-refractivity contribution in [3.8, 4) is 11.1 Å². The third-order valence-corrected chi connectivity index (χ3v) is 4.18. The quantitative estimate of drug-likeness (QED) is 0.839. The molecule has 1 fully saturated rings. The number of thioether (sulfide) groups is 1. The van der Waals surface area contributed by atoms with E-state index < -0.39 is 0 Å². The Morgan fingerprint density at radius 2 is 1.71 bits per heavy atom. The van der Waals surface area contributed by atoms with Crippen LogP contribution in [0.3, 0.4) is 0 Å². The predicted octanol–water partition coefficient (Wildman–Crippen LogP) is 4.33. The third-order valence-electron chi connectivity index (χ3n) is 3.04. The number of amides is 2. The van der Waals surface area contributed by atoms with Crippen molar-refractivity contribution in [2.75, 3.05) is 0 Å². The van der Waals surface area contributed by atoms with Gasteiger partial charge >= 0.3 is 0 Å². The summed E-state index contributed by atoms with van der Waals surface area (Å²) in [6, 6.07) is 15.3. The molecule has 2 amide bonds. The first-order valence-corrected chi connectivity index (χ1v) is 7.43. The monoisotopic (exact) mass is 315 g/mol. The van der Waals surface area contributed by atoms with Crippen LogP contribution in [0.25, 0.3) is 17.2 Å². The lowest BCUT2D eigenvalue weighted by molar-refractivity contribution is -0.115. The maximum absolute atomic E-state index is 11.5. The minimum absolute atomic E-state index is 0.334. The number of halogens is 1. The number of carbonyl (C=O) groups excluding carboxylic acids is 2. The lowest BCUT2D eigenvalue weighted by Crippen LogP contribution is -2.17. The molecule has 0 saturated carbocycles. The number of nitrogens with one attached hydrogen (secondary N) is 1. The van der Waals surface area contributed by atoms with Gasteiger partial charge in [0.1, 0.15) is 0 Å². The summed E-state index contributed by atoms with van der Waals surface area (Å²) >= 11 is 7.08. The SMILES string of the molecule is O=C1NC(=O)/C(=C\c2ccc(-c3ccccc3Cl)cc2)S1. The summed E-state index contributed by atoms with van der Waals surface area (Å²) in [5.41, 5.74) is 2.82. The van der Waals surface area contributed by atoms with Crippen molar-refractivity contribution >= 4 is 40.6 Å². The molecule has 3 nitrogen and oxygen atoms in total. The van der Waals surface area contributed by atoms with Gasteiger partial charge in [-0.2, -0.15) is 0 Å². The molecule has 1 aliphatic heterocycles. The molecule has 2 aromatic carbocycles. The van der Waals surface area contributed by atoms with Crippen LogP contribution in [0.1, 0.15) is 5.56 Å². The molecule has 1 aliphatic rings. The van der Waals surface area contributed by atoms with Gasteiger partial charge in [0.25, 0.3) is 11.1 Å². The Bertz CT molecular complexity index is 753. The molecule has 1 heterocycles. The van der Waals surface area contributed by atoms with Gasteiger partial charge in [-0.25, -0.2) is 0 Å². The van der Waals surface area contributed by atoms with Gasteiger partial charge in [-0.3, -0.25) is 14.9 Å². The number of carbonyl (C=O) groups is 2. The summed E-state index contributed by atoms with van der Waals surface area (Å²) in [7, 11) is 0. The first kappa shape index (κ1) is 13.9. The number of hydrogen-bond donors (Lipinski definition) is 1. The Morgan fingerprint density at radius 3 is 2.33 bits per heavy atom. The minimum atomic E-state index is -0.347. The first-order chi connectivity index (χ1) is 10.1. The molecule has 2 aromatic rings. The Hall–Kier alpha value is -2.04. The Labute approximate surface area is 131 Å². The highest BCUT2D eigenvalue weighted by atomic mass is 35.5. The second-order valence-corrected chi connectivity index (χ2v) is 5.88. The van der Waals surface area contributed by atoms with Crippen LogP contribution in [0.15, 0.2) is 53.4 Å². The van der Waals surface area contributed by atoms with Gasteiger partial charge in [0.05, 0.1) is 4.91 Å². The van der Waals surface area contributed by atoms with Crippen molar-refractivity contribution in [2.24, 2.45) is 0 Å². The highest BCUT2D eigenvalue weighted by Gasteiger charge is 2.24. The summed E-state index contributed by atoms with van der Waals surface area (Å²) in [5, 5.41) is 2.59. The van der Waals surface area contributed by atoms with Crippen molar-refractivity contribution in [1.29, 1.82) is 0 Å². The number of imide groups is 1. The second-order valence-electron chi connectivity index (χ2n) is 4.45. The van der Waals surface area contributed by atoms with E-state index in [1.54, 1.807) is 6.08 Å². The fourth-order valence-electron chi connectivity index (χ4n) is 2.03. The lowest BCUT2D eigenvalue weighted by atomic mass is 10.0. The highest BCUT2D eigenvalue weighted by molar-refractivity contribution is 8.18. The van der Waals surface area contributed by atoms with Crippen molar-refractivity contribution < 1.29 is 9.59 Å². The molecule has 0 atom stereocenters. The fourth-order valence-corrected chi connectivity index (χ4v) is 2.95. The van der Waals surface area contributed by atoms with E-state index in [9.17, 15) is 9.59 Å². The smallest absolute Gasteiger partial charge is 0.282 e. The van der Waals surface area contributed by atoms with E-state index in [1.165, 1.54) is 0 Å². The van der Waals surface area contributed by atoms with Gasteiger partial charge in [0.15, 0.2) is 0 Å². The molecule has 0 unspecified atom stereocenters. The predicted molar refractivity (Wildman–Crippen MR) is 86.0 cm³/mol. The van der Waals surface area contributed by atoms with Gasteiger partial charge in [-0.1, -0.05) is 54.1 Å². The molecule has 1 saturated heterocycles. The standard InChI is InChI=1S/C16H10ClNO2S/c17-13-4-2-1-3-12(13)11-7-5-10(6-8-11)9-14-15(19)18-16(20)21-14/h1-9H,(H,18,19,20)/b14-9+. The molecule has 0 aromatic heterocycles. The summed E-state index contributed by atoms with van der Waals surface area (Å²) in [6.07, 6.45) is 1.70. The van der Waals surface area contributed by atoms with E-state index in [4.69, 9.17) is 11.6 Å². The normalized spacial score (nSPS) is 16.3. The third kappa shape index (κ3) is 3.01. The van der Waals surface area contributed by atoms with E-state index in [0.29, 0.717) is 9.93 Å². The minimum Gasteiger partial charge on any atom is -0.282 e. The zero-order chi connectivity index (χ0) is 14.8. The largest absolute Gasteiger partial charge is 0.290 e. The summed E-state index contributed by atoms with van der Waals surface area (Å²) < 4.78 is 0. The number of rotatable bonds is 2. The number of benzene rings is 2. The Balaban J connectivity index is 1.89. The number of hydrogen-bond acceptors (Lipinski definition) is 3. The average molecular weight is 316 g/mol. The van der Waals surface area contributed by atoms with Crippen LogP contribution < -0.4 is 5.32 Å². The van der Waals surface area contributed by atoms with Crippen molar-refractivity contribution in [2.45, 2.75) is 0 Å². The highest BCUT2D eigenvalue weighted by Crippen LogP contribution is 2.29. The Kier molecular flexibility index (Phi) is 3.82. The van der Waals surface area contributed by atoms with Crippen LogP contribution in [-0.4, -0.2) is 11.1 Å². The van der Waals surface area contributed by atoms with Gasteiger partial charge in [-0.05, 0) is 35.0 Å². The van der Waals surface area contributed by atoms with E-state index >= 15 is 0 Å². The zero-order valence-electron chi connectivity index (χ0n) is 10.8. The molecule has 21 heavy (non-hydrogen) atoms. The summed E-state index contributed by atoms with van der Waals surface area (Å²) in [5.74, 6) is -0.347. The average Bonchev–Trinajstić information content (AvgIpc) is 2.78. The van der Waals surface area contributed by atoms with Gasteiger partial charge in [0, 0.05) is 10.6 Å². The van der Waals surface area contributed by atoms with Crippen molar-refractivity contribution in [3.63, 3.8) is 0 Å². The molecule has 1 N–H and O–H groups in total. The van der Waals surface area contributed by atoms with Crippen LogP contribution >= 0.6 is 23.4 Å². The van der Waals surface area contributed by atoms with E-state index in [0.717, 1.165) is 28.5 Å². The molecule has 104 valence electrons. The van der Waals surface area contributed by atoms with Gasteiger partial charge in [0.2, 0.25) is 0 Å². The molecule has 0 radical (unpaired) electrons. The summed E-state index contributed by atoms with van der Waals surface area (Å²) in [4.78, 5) is 23.0. The van der Waals surface area contributed by atoms with Crippen molar-refractivity contribution in [1.82, 2.24) is 5.32 Å². The summed E-state index contributed by atoms with van der Waals surface area (Å²) in [6.45, 7) is 0. The van der Waals surface area contributed by atoms with Crippen LogP contribution in [-0.2, 0) is 4.79 Å². The van der Waals surface area contributed by atoms with E-state index in [-0.39, 0.29) is 11.1 Å². The van der Waals surface area contributed by atoms with E-state index in [1.807, 2.05) is 48.5 Å². The molecular formula is C16H10ClNO2S. The van der Waals surface area contributed by atoms with Crippen LogP contribution in [0.2, 0.25) is 5.02 Å². The molecule has 5 heteroatoms. The van der Waals surface area contributed by atoms with Crippen LogP contribution in [0.4, 0.5) is 4.79 Å². The maximum Gasteiger partial charge on any atom is 0.290 e. The van der Waals surface area contributed by atoms with Crippen LogP contribution in [0.5, 0.6) is 0 Å². The van der Waals surface area contributed by atoms with Crippen LogP contribution in [0, 0.1) is 0 Å². The maximum atomic E-state index is 11.5. The molecular weight excluding hydrogens is 306 g/mol. The Morgan fingerprint density at radius 1 is 1.00 bits per heavy atom. The second kappa shape index (κ2) is 5.76. The molecule has 0 bridgehead atoms. The topological polar surface area (TPSA) is 46.2 Å². The van der Waals surface area contributed by atoms with Crippen molar-refractivity contribution in [3.05, 3.63) is 64.0 Å². The fraction of sp³-hybridized carbons (Fsp3) is 0. The molecule has 3 rings (SSSR count). The molecule has 0 spiro atoms. The lowest BCUT2D eigenvalue weighted by Gasteiger charge is -2.04. The van der Waals surface area contributed by atoms with E-state index in [2.05, 4.69) is 5.32 Å². The van der Waals surface area contributed by atoms with Gasteiger partial charge in [-0.15, -0.1) is 0 Å². The molecule has 0 aliphatic carbocycles. The first-order valence-electron chi connectivity index (χ1n) is 6.23.